The Hall–Kier alpha value is -6.73. The molecule has 3 N–H and O–H groups in total. The third-order valence-electron chi connectivity index (χ3n) is 6.02. The molecule has 0 radical (unpaired) electrons. The van der Waals surface area contributed by atoms with Crippen LogP contribution in [0.5, 0.6) is 0 Å². The van der Waals surface area contributed by atoms with E-state index in [4.69, 9.17) is 19.8 Å². The normalized spacial score (nSPS) is 11.0. The van der Waals surface area contributed by atoms with E-state index in [1.54, 1.807) is 34.4 Å². The maximum absolute atomic E-state index is 10.6. The molecule has 0 aliphatic heterocycles. The summed E-state index contributed by atoms with van der Waals surface area (Å²) in [4.78, 5) is 39.6. The van der Waals surface area contributed by atoms with Crippen molar-refractivity contribution in [3.63, 3.8) is 0 Å². The van der Waals surface area contributed by atoms with E-state index in [0.29, 0.717) is 11.8 Å². The Morgan fingerprint density at radius 2 is 1.44 bits per heavy atom. The van der Waals surface area contributed by atoms with E-state index in [9.17, 15) is 26.3 Å². The Morgan fingerprint density at radius 1 is 0.760 bits per heavy atom. The number of aromatic nitrogens is 9. The highest BCUT2D eigenvalue weighted by Crippen LogP contribution is 2.23. The van der Waals surface area contributed by atoms with E-state index in [1.807, 2.05) is 73.7 Å². The number of carbonyl (C=O) groups is 2. The van der Waals surface area contributed by atoms with Gasteiger partial charge in [0, 0.05) is 34.9 Å². The molecule has 2 aromatic carbocycles. The van der Waals surface area contributed by atoms with Crippen molar-refractivity contribution in [3.05, 3.63) is 104 Å². The lowest BCUT2D eigenvalue weighted by Crippen LogP contribution is -2.21. The summed E-state index contributed by atoms with van der Waals surface area (Å²) in [6.45, 7) is 1.95. The van der Waals surface area contributed by atoms with E-state index >= 15 is 0 Å². The summed E-state index contributed by atoms with van der Waals surface area (Å²) in [5, 5.41) is 26.3. The monoisotopic (exact) mass is 700 g/mol. The van der Waals surface area contributed by atoms with E-state index in [1.165, 1.54) is 6.33 Å². The van der Waals surface area contributed by atoms with Crippen LogP contribution in [-0.4, -0.2) is 79.0 Å². The minimum atomic E-state index is -5.08. The Bertz CT molecular complexity index is 2010. The molecule has 0 aliphatic carbocycles. The molecule has 50 heavy (non-hydrogen) atoms. The molecular formula is C30H22F6N10O4. The van der Waals surface area contributed by atoms with Gasteiger partial charge in [-0.2, -0.15) is 31.4 Å². The molecule has 20 heteroatoms. The number of rotatable bonds is 6. The van der Waals surface area contributed by atoms with Gasteiger partial charge in [0.25, 0.3) is 0 Å². The van der Waals surface area contributed by atoms with Gasteiger partial charge < -0.3 is 15.5 Å². The SMILES string of the molecule is Cc1ccc(-c2ncn(-c3ccc(Nc4nccc(-c5cccc(-n6cncn6)c5)n4)cc3)n2)cn1.O=C(O)C(F)(F)F.O=C(O)C(F)(F)F. The zero-order chi connectivity index (χ0) is 36.5. The predicted molar refractivity (Wildman–Crippen MR) is 162 cm³/mol. The summed E-state index contributed by atoms with van der Waals surface area (Å²) in [7, 11) is 0. The lowest BCUT2D eigenvalue weighted by Gasteiger charge is -2.09. The lowest BCUT2D eigenvalue weighted by atomic mass is 10.1. The molecule has 0 amide bonds. The number of nitrogens with one attached hydrogen (secondary N) is 1. The van der Waals surface area contributed by atoms with Gasteiger partial charge in [0.2, 0.25) is 5.95 Å². The zero-order valence-electron chi connectivity index (χ0n) is 25.2. The van der Waals surface area contributed by atoms with Gasteiger partial charge in [-0.25, -0.2) is 38.9 Å². The maximum Gasteiger partial charge on any atom is 0.490 e. The molecule has 0 bridgehead atoms. The number of hydrogen-bond donors (Lipinski definition) is 3. The van der Waals surface area contributed by atoms with Gasteiger partial charge in [-0.1, -0.05) is 12.1 Å². The van der Waals surface area contributed by atoms with Gasteiger partial charge in [0.05, 0.1) is 17.1 Å². The van der Waals surface area contributed by atoms with Crippen LogP contribution in [0.15, 0.2) is 98.1 Å². The summed E-state index contributed by atoms with van der Waals surface area (Å²) >= 11 is 0. The van der Waals surface area contributed by atoms with Crippen LogP contribution < -0.4 is 5.32 Å². The van der Waals surface area contributed by atoms with Crippen LogP contribution in [-0.2, 0) is 9.59 Å². The molecule has 6 aromatic rings. The quantitative estimate of drug-likeness (QED) is 0.181. The first kappa shape index (κ1) is 36.1. The molecule has 4 aromatic heterocycles. The molecule has 6 rings (SSSR count). The van der Waals surface area contributed by atoms with Crippen LogP contribution in [0, 0.1) is 6.92 Å². The molecule has 4 heterocycles. The van der Waals surface area contributed by atoms with Gasteiger partial charge >= 0.3 is 24.3 Å². The van der Waals surface area contributed by atoms with Crippen LogP contribution in [0.25, 0.3) is 34.0 Å². The summed E-state index contributed by atoms with van der Waals surface area (Å²) in [5.74, 6) is -4.39. The predicted octanol–water partition coefficient (Wildman–Crippen LogP) is 5.69. The van der Waals surface area contributed by atoms with Crippen molar-refractivity contribution in [1.29, 1.82) is 0 Å². The van der Waals surface area contributed by atoms with Crippen molar-refractivity contribution in [2.75, 3.05) is 5.32 Å². The number of aliphatic carboxylic acids is 2. The molecule has 0 atom stereocenters. The fourth-order valence-electron chi connectivity index (χ4n) is 3.68. The number of alkyl halides is 6. The van der Waals surface area contributed by atoms with E-state index in [2.05, 4.69) is 40.4 Å². The summed E-state index contributed by atoms with van der Waals surface area (Å²) < 4.78 is 66.9. The third-order valence-corrected chi connectivity index (χ3v) is 6.02. The van der Waals surface area contributed by atoms with E-state index in [0.717, 1.165) is 39.6 Å². The molecule has 0 fully saturated rings. The Labute approximate surface area is 276 Å². The minimum absolute atomic E-state index is 0.501. The Balaban J connectivity index is 0.000000340. The molecule has 14 nitrogen and oxygen atoms in total. The van der Waals surface area contributed by atoms with Crippen molar-refractivity contribution in [2.24, 2.45) is 0 Å². The number of benzene rings is 2. The highest BCUT2D eigenvalue weighted by Gasteiger charge is 2.38. The van der Waals surface area contributed by atoms with Crippen molar-refractivity contribution in [2.45, 2.75) is 19.3 Å². The summed E-state index contributed by atoms with van der Waals surface area (Å²) in [6.07, 6.45) is -1.79. The third kappa shape index (κ3) is 10.1. The minimum Gasteiger partial charge on any atom is -0.475 e. The number of anilines is 2. The fraction of sp³-hybridized carbons (Fsp3) is 0.100. The number of halogens is 6. The Kier molecular flexibility index (Phi) is 11.2. The molecule has 0 saturated carbocycles. The molecular weight excluding hydrogens is 678 g/mol. The molecule has 258 valence electrons. The number of carboxylic acid groups (broad SMARTS) is 2. The van der Waals surface area contributed by atoms with Crippen molar-refractivity contribution >= 4 is 23.6 Å². The van der Waals surface area contributed by atoms with Crippen LogP contribution in [0.3, 0.4) is 0 Å². The van der Waals surface area contributed by atoms with Gasteiger partial charge in [0.1, 0.15) is 19.0 Å². The highest BCUT2D eigenvalue weighted by molar-refractivity contribution is 5.73. The topological polar surface area (TPSA) is 187 Å². The number of hydrogen-bond acceptors (Lipinski definition) is 10. The van der Waals surface area contributed by atoms with Crippen LogP contribution in [0.1, 0.15) is 5.69 Å². The number of aryl methyl sites for hydroxylation is 1. The van der Waals surface area contributed by atoms with Gasteiger partial charge in [-0.3, -0.25) is 4.98 Å². The second kappa shape index (κ2) is 15.4. The largest absolute Gasteiger partial charge is 0.490 e. The first-order valence-electron chi connectivity index (χ1n) is 13.7. The average Bonchev–Trinajstić information content (AvgIpc) is 3.79. The maximum atomic E-state index is 10.6. The second-order valence-corrected chi connectivity index (χ2v) is 9.63. The molecule has 0 spiro atoms. The first-order valence-corrected chi connectivity index (χ1v) is 13.7. The summed E-state index contributed by atoms with van der Waals surface area (Å²) in [6, 6.07) is 21.5. The van der Waals surface area contributed by atoms with Crippen LogP contribution in [0.4, 0.5) is 38.0 Å². The van der Waals surface area contributed by atoms with E-state index in [-0.39, 0.29) is 0 Å². The highest BCUT2D eigenvalue weighted by atomic mass is 19.4. The first-order chi connectivity index (χ1) is 23.6. The standard InChI is InChI=1S/C26H20N10.2C2HF3O2/c1-18-5-6-20(14-29-18)25-30-17-36(34-25)22-9-7-21(8-10-22)32-26-28-12-11-24(33-26)19-3-2-4-23(13-19)35-16-27-15-31-35;2*3-2(4,5)1(6)7/h2-17H,1H3,(H,28,32,33);2*(H,6,7). The van der Waals surface area contributed by atoms with E-state index < -0.39 is 24.3 Å². The van der Waals surface area contributed by atoms with Crippen LogP contribution >= 0.6 is 0 Å². The van der Waals surface area contributed by atoms with Crippen molar-refractivity contribution < 1.29 is 46.1 Å². The second-order valence-electron chi connectivity index (χ2n) is 9.63. The van der Waals surface area contributed by atoms with Gasteiger partial charge in [0.15, 0.2) is 5.82 Å². The average molecular weight is 701 g/mol. The summed E-state index contributed by atoms with van der Waals surface area (Å²) in [5.41, 5.74) is 6.23. The zero-order valence-corrected chi connectivity index (χ0v) is 25.2. The van der Waals surface area contributed by atoms with Crippen molar-refractivity contribution in [3.8, 4) is 34.0 Å². The number of carboxylic acids is 2. The molecule has 0 saturated heterocycles. The molecule has 0 aliphatic rings. The molecule has 0 unspecified atom stereocenters. The van der Waals surface area contributed by atoms with Gasteiger partial charge in [-0.15, -0.1) is 5.10 Å². The van der Waals surface area contributed by atoms with Gasteiger partial charge in [-0.05, 0) is 61.5 Å². The van der Waals surface area contributed by atoms with Crippen molar-refractivity contribution in [1.82, 2.24) is 44.5 Å². The lowest BCUT2D eigenvalue weighted by molar-refractivity contribution is -0.193. The smallest absolute Gasteiger partial charge is 0.475 e. The van der Waals surface area contributed by atoms with Crippen LogP contribution in [0.2, 0.25) is 0 Å². The fourth-order valence-corrected chi connectivity index (χ4v) is 3.68. The number of pyridine rings is 1. The number of nitrogens with zero attached hydrogens (tertiary/aromatic N) is 9. The Morgan fingerprint density at radius 3 is 2.02 bits per heavy atom.